The van der Waals surface area contributed by atoms with Gasteiger partial charge in [0.05, 0.1) is 0 Å². The maximum absolute atomic E-state index is 3.10. The minimum absolute atomic E-state index is 0.466. The van der Waals surface area contributed by atoms with E-state index in [1.54, 1.807) is 0 Å². The van der Waals surface area contributed by atoms with E-state index in [0.29, 0.717) is 0 Å². The zero-order valence-electron chi connectivity index (χ0n) is 10.5. The first kappa shape index (κ1) is 12.1. The Bertz CT molecular complexity index is 524. The zero-order chi connectivity index (χ0) is 12.9. The van der Waals surface area contributed by atoms with Gasteiger partial charge in [-0.1, -0.05) is 84.9 Å². The Hall–Kier alpha value is -1.91. The van der Waals surface area contributed by atoms with Crippen LogP contribution < -0.4 is 15.9 Å². The van der Waals surface area contributed by atoms with Gasteiger partial charge >= 0.3 is 0 Å². The van der Waals surface area contributed by atoms with Gasteiger partial charge in [0, 0.05) is 0 Å². The molecule has 1 heteroatoms. The molecule has 0 bridgehead atoms. The van der Waals surface area contributed by atoms with Gasteiger partial charge in [0.15, 0.2) is 0 Å². The molecule has 0 amide bonds. The lowest BCUT2D eigenvalue weighted by atomic mass is 10.4. The first-order chi connectivity index (χ1) is 9.45. The lowest BCUT2D eigenvalue weighted by Gasteiger charge is -2.18. The van der Waals surface area contributed by atoms with Crippen LogP contribution in [0.1, 0.15) is 0 Å². The molecule has 1 radical (unpaired) electrons. The largest absolute Gasteiger partial charge is 0.0622 e. The lowest BCUT2D eigenvalue weighted by Crippen LogP contribution is -2.20. The van der Waals surface area contributed by atoms with Crippen molar-refractivity contribution in [1.29, 1.82) is 0 Å². The number of rotatable bonds is 3. The molecule has 0 aliphatic heterocycles. The second kappa shape index (κ2) is 5.82. The van der Waals surface area contributed by atoms with Crippen molar-refractivity contribution in [2.45, 2.75) is 0 Å². The van der Waals surface area contributed by atoms with Crippen LogP contribution in [0.5, 0.6) is 0 Å². The average Bonchev–Trinajstić information content (AvgIpc) is 2.51. The van der Waals surface area contributed by atoms with E-state index in [-0.39, 0.29) is 0 Å². The quantitative estimate of drug-likeness (QED) is 0.635. The van der Waals surface area contributed by atoms with E-state index in [0.717, 1.165) is 0 Å². The van der Waals surface area contributed by atoms with E-state index < -0.39 is 7.92 Å². The summed E-state index contributed by atoms with van der Waals surface area (Å²) in [4.78, 5) is 0. The molecule has 0 fully saturated rings. The van der Waals surface area contributed by atoms with E-state index in [1.807, 2.05) is 12.1 Å². The molecule has 91 valence electrons. The van der Waals surface area contributed by atoms with Crippen molar-refractivity contribution in [3.8, 4) is 0 Å². The first-order valence-electron chi connectivity index (χ1n) is 6.31. The fourth-order valence-electron chi connectivity index (χ4n) is 2.13. The maximum Gasteiger partial charge on any atom is -0.0134 e. The lowest BCUT2D eigenvalue weighted by molar-refractivity contribution is 1.73. The van der Waals surface area contributed by atoms with Gasteiger partial charge in [-0.15, -0.1) is 0 Å². The monoisotopic (exact) mass is 261 g/mol. The summed E-state index contributed by atoms with van der Waals surface area (Å²) in [6, 6.07) is 32.9. The summed E-state index contributed by atoms with van der Waals surface area (Å²) in [5.74, 6) is 0. The highest BCUT2D eigenvalue weighted by Crippen LogP contribution is 2.32. The number of hydrogen-bond donors (Lipinski definition) is 0. The molecule has 19 heavy (non-hydrogen) atoms. The highest BCUT2D eigenvalue weighted by atomic mass is 31.1. The average molecular weight is 261 g/mol. The molecule has 0 spiro atoms. The number of benzene rings is 3. The summed E-state index contributed by atoms with van der Waals surface area (Å²) < 4.78 is 0. The molecule has 0 N–H and O–H groups in total. The summed E-state index contributed by atoms with van der Waals surface area (Å²) in [7, 11) is -0.466. The molecule has 0 heterocycles. The maximum atomic E-state index is 3.10. The van der Waals surface area contributed by atoms with Crippen LogP contribution in [0.15, 0.2) is 84.9 Å². The van der Waals surface area contributed by atoms with E-state index in [9.17, 15) is 0 Å². The van der Waals surface area contributed by atoms with Gasteiger partial charge in [-0.2, -0.15) is 0 Å². The molecule has 0 aliphatic carbocycles. The Morgan fingerprint density at radius 3 is 1.42 bits per heavy atom. The molecule has 0 saturated heterocycles. The molecule has 0 saturated carbocycles. The van der Waals surface area contributed by atoms with Gasteiger partial charge in [-0.3, -0.25) is 0 Å². The molecule has 0 unspecified atom stereocenters. The minimum Gasteiger partial charge on any atom is -0.0622 e. The third-order valence-corrected chi connectivity index (χ3v) is 5.43. The predicted molar refractivity (Wildman–Crippen MR) is 84.0 cm³/mol. The van der Waals surface area contributed by atoms with Crippen molar-refractivity contribution >= 4 is 23.8 Å². The SMILES string of the molecule is [c]1ccc(P(c2ccccc2)c2ccccc2)cc1. The van der Waals surface area contributed by atoms with Gasteiger partial charge in [0.2, 0.25) is 0 Å². The summed E-state index contributed by atoms with van der Waals surface area (Å²) >= 11 is 0. The van der Waals surface area contributed by atoms with Crippen molar-refractivity contribution in [3.05, 3.63) is 91.0 Å². The van der Waals surface area contributed by atoms with Gasteiger partial charge < -0.3 is 0 Å². The summed E-state index contributed by atoms with van der Waals surface area (Å²) in [6.45, 7) is 0. The zero-order valence-corrected chi connectivity index (χ0v) is 11.4. The molecule has 0 atom stereocenters. The second-order valence-electron chi connectivity index (χ2n) is 4.26. The van der Waals surface area contributed by atoms with Gasteiger partial charge in [0.25, 0.3) is 0 Å². The summed E-state index contributed by atoms with van der Waals surface area (Å²) in [5, 5.41) is 4.14. The van der Waals surface area contributed by atoms with E-state index in [4.69, 9.17) is 0 Å². The highest BCUT2D eigenvalue weighted by Gasteiger charge is 2.14. The highest BCUT2D eigenvalue weighted by molar-refractivity contribution is 7.79. The Balaban J connectivity index is 2.12. The first-order valence-corrected chi connectivity index (χ1v) is 7.66. The van der Waals surface area contributed by atoms with Crippen molar-refractivity contribution < 1.29 is 0 Å². The molecule has 3 aromatic carbocycles. The molecule has 3 aromatic rings. The number of hydrogen-bond acceptors (Lipinski definition) is 0. The normalized spacial score (nSPS) is 10.6. The fourth-order valence-corrected chi connectivity index (χ4v) is 4.41. The van der Waals surface area contributed by atoms with E-state index in [2.05, 4.69) is 78.9 Å². The smallest absolute Gasteiger partial charge is 0.0134 e. The van der Waals surface area contributed by atoms with Crippen molar-refractivity contribution in [2.24, 2.45) is 0 Å². The molecule has 0 aliphatic rings. The van der Waals surface area contributed by atoms with E-state index in [1.165, 1.54) is 15.9 Å². The summed E-state index contributed by atoms with van der Waals surface area (Å²) in [6.07, 6.45) is 0. The van der Waals surface area contributed by atoms with Crippen molar-refractivity contribution in [1.82, 2.24) is 0 Å². The molecule has 3 rings (SSSR count). The molecule has 0 aromatic heterocycles. The van der Waals surface area contributed by atoms with Crippen LogP contribution in [0.25, 0.3) is 0 Å². The van der Waals surface area contributed by atoms with Gasteiger partial charge in [-0.05, 0) is 29.9 Å². The van der Waals surface area contributed by atoms with Crippen LogP contribution in [-0.2, 0) is 0 Å². The third-order valence-electron chi connectivity index (χ3n) is 2.99. The van der Waals surface area contributed by atoms with Crippen LogP contribution in [-0.4, -0.2) is 0 Å². The van der Waals surface area contributed by atoms with Gasteiger partial charge in [0.1, 0.15) is 0 Å². The molecular weight excluding hydrogens is 247 g/mol. The van der Waals surface area contributed by atoms with Crippen LogP contribution in [0.4, 0.5) is 0 Å². The van der Waals surface area contributed by atoms with Crippen LogP contribution in [0, 0.1) is 6.07 Å². The van der Waals surface area contributed by atoms with Crippen LogP contribution >= 0.6 is 7.92 Å². The van der Waals surface area contributed by atoms with Crippen LogP contribution in [0.2, 0.25) is 0 Å². The predicted octanol–water partition coefficient (Wildman–Crippen LogP) is 3.24. The standard InChI is InChI=1S/C18H14P/c1-4-10-16(11-5-1)19(17-12-6-2-7-13-17)18-14-8-3-9-15-18/h1-2,4-15H. The van der Waals surface area contributed by atoms with Crippen molar-refractivity contribution in [2.75, 3.05) is 0 Å². The molecular formula is C18H14P. The fraction of sp³-hybridized carbons (Fsp3) is 0. The second-order valence-corrected chi connectivity index (χ2v) is 6.48. The molecule has 0 nitrogen and oxygen atoms in total. The van der Waals surface area contributed by atoms with E-state index >= 15 is 0 Å². The van der Waals surface area contributed by atoms with Crippen molar-refractivity contribution in [3.63, 3.8) is 0 Å². The van der Waals surface area contributed by atoms with Gasteiger partial charge in [-0.25, -0.2) is 0 Å². The third kappa shape index (κ3) is 2.75. The Kier molecular flexibility index (Phi) is 3.72. The minimum atomic E-state index is -0.466. The Morgan fingerprint density at radius 1 is 0.526 bits per heavy atom. The summed E-state index contributed by atoms with van der Waals surface area (Å²) in [5.41, 5.74) is 0. The van der Waals surface area contributed by atoms with Crippen LogP contribution in [0.3, 0.4) is 0 Å². The topological polar surface area (TPSA) is 0 Å². The Labute approximate surface area is 115 Å². The Morgan fingerprint density at radius 2 is 0.947 bits per heavy atom.